The number of anilines is 1. The smallest absolute Gasteiger partial charge is 0.389 e. The normalized spacial score (nSPS) is 11.8. The third kappa shape index (κ3) is 3.46. The predicted octanol–water partition coefficient (Wildman–Crippen LogP) is 2.70. The van der Waals surface area contributed by atoms with Crippen LogP contribution >= 0.6 is 12.2 Å². The summed E-state index contributed by atoms with van der Waals surface area (Å²) < 4.78 is 37.5. The van der Waals surface area contributed by atoms with Gasteiger partial charge in [-0.1, -0.05) is 24.4 Å². The van der Waals surface area contributed by atoms with Crippen LogP contribution in [0.2, 0.25) is 0 Å². The fourth-order valence-electron chi connectivity index (χ4n) is 1.15. The lowest BCUT2D eigenvalue weighted by Crippen LogP contribution is -2.25. The highest BCUT2D eigenvalue weighted by atomic mass is 32.1. The lowest BCUT2D eigenvalue weighted by molar-refractivity contribution is -0.0860. The number of thiocarbonyl (C=S) groups is 1. The molecule has 0 fully saturated rings. The van der Waals surface area contributed by atoms with E-state index in [4.69, 9.17) is 11.0 Å². The van der Waals surface area contributed by atoms with Gasteiger partial charge in [0.15, 0.2) is 0 Å². The van der Waals surface area contributed by atoms with Crippen LogP contribution in [-0.4, -0.2) is 11.2 Å². The molecule has 0 bridgehead atoms. The summed E-state index contributed by atoms with van der Waals surface area (Å²) >= 11 is 4.33. The molecule has 0 radical (unpaired) electrons. The second kappa shape index (κ2) is 5.51. The zero-order chi connectivity index (χ0) is 13.8. The van der Waals surface area contributed by atoms with E-state index in [0.29, 0.717) is 6.20 Å². The van der Waals surface area contributed by atoms with E-state index in [-0.39, 0.29) is 11.3 Å². The van der Waals surface area contributed by atoms with Gasteiger partial charge in [-0.3, -0.25) is 0 Å². The van der Waals surface area contributed by atoms with Gasteiger partial charge in [-0.2, -0.15) is 18.4 Å². The van der Waals surface area contributed by atoms with Crippen molar-refractivity contribution in [1.82, 2.24) is 0 Å². The SMILES string of the molecule is N#Cc1ccccc1NC=C(C(N)=S)C(F)(F)F. The largest absolute Gasteiger partial charge is 0.420 e. The van der Waals surface area contributed by atoms with Crippen molar-refractivity contribution in [1.29, 1.82) is 5.26 Å². The number of benzene rings is 1. The first-order valence-electron chi connectivity index (χ1n) is 4.69. The van der Waals surface area contributed by atoms with Gasteiger partial charge in [-0.15, -0.1) is 0 Å². The minimum atomic E-state index is -4.64. The molecular weight excluding hydrogens is 263 g/mol. The Labute approximate surface area is 107 Å². The van der Waals surface area contributed by atoms with Gasteiger partial charge in [0.05, 0.1) is 11.3 Å². The Hall–Kier alpha value is -2.07. The van der Waals surface area contributed by atoms with Gasteiger partial charge in [0.2, 0.25) is 0 Å². The maximum Gasteiger partial charge on any atom is 0.420 e. The summed E-state index contributed by atoms with van der Waals surface area (Å²) in [5.74, 6) is 0. The number of alkyl halides is 3. The third-order valence-corrected chi connectivity index (χ3v) is 2.21. The van der Waals surface area contributed by atoms with Crippen LogP contribution in [0.25, 0.3) is 0 Å². The van der Waals surface area contributed by atoms with Crippen molar-refractivity contribution in [3.05, 3.63) is 41.6 Å². The molecule has 0 aliphatic heterocycles. The Morgan fingerprint density at radius 3 is 2.50 bits per heavy atom. The van der Waals surface area contributed by atoms with Crippen LogP contribution < -0.4 is 11.1 Å². The quantitative estimate of drug-likeness (QED) is 0.655. The first-order chi connectivity index (χ1) is 8.36. The Balaban J connectivity index is 3.04. The van der Waals surface area contributed by atoms with E-state index in [0.717, 1.165) is 0 Å². The number of nitrogens with zero attached hydrogens (tertiary/aromatic N) is 1. The summed E-state index contributed by atoms with van der Waals surface area (Å²) in [6.45, 7) is 0. The Bertz CT molecular complexity index is 529. The fraction of sp³-hybridized carbons (Fsp3) is 0.0909. The van der Waals surface area contributed by atoms with Crippen molar-refractivity contribution in [2.45, 2.75) is 6.18 Å². The molecule has 0 saturated carbocycles. The highest BCUT2D eigenvalue weighted by Gasteiger charge is 2.35. The van der Waals surface area contributed by atoms with Gasteiger partial charge in [-0.25, -0.2) is 0 Å². The van der Waals surface area contributed by atoms with E-state index < -0.39 is 16.7 Å². The number of nitrogens with one attached hydrogen (secondary N) is 1. The average molecular weight is 271 g/mol. The van der Waals surface area contributed by atoms with E-state index in [1.165, 1.54) is 12.1 Å². The van der Waals surface area contributed by atoms with Gasteiger partial charge in [0, 0.05) is 6.20 Å². The molecule has 0 atom stereocenters. The van der Waals surface area contributed by atoms with Crippen LogP contribution in [0.3, 0.4) is 0 Å². The molecule has 18 heavy (non-hydrogen) atoms. The van der Waals surface area contributed by atoms with Crippen molar-refractivity contribution in [3.63, 3.8) is 0 Å². The van der Waals surface area contributed by atoms with E-state index >= 15 is 0 Å². The van der Waals surface area contributed by atoms with Gasteiger partial charge in [0.1, 0.15) is 16.6 Å². The summed E-state index contributed by atoms with van der Waals surface area (Å²) in [6, 6.07) is 7.99. The fourth-order valence-corrected chi connectivity index (χ4v) is 1.32. The average Bonchev–Trinajstić information content (AvgIpc) is 2.27. The monoisotopic (exact) mass is 271 g/mol. The number of halogens is 3. The molecule has 0 unspecified atom stereocenters. The molecule has 0 aliphatic carbocycles. The minimum Gasteiger partial charge on any atom is -0.389 e. The van der Waals surface area contributed by atoms with E-state index in [9.17, 15) is 13.2 Å². The van der Waals surface area contributed by atoms with Crippen LogP contribution in [0.15, 0.2) is 36.0 Å². The maximum atomic E-state index is 12.5. The molecule has 0 spiro atoms. The Morgan fingerprint density at radius 1 is 1.39 bits per heavy atom. The van der Waals surface area contributed by atoms with Gasteiger partial charge < -0.3 is 11.1 Å². The predicted molar refractivity (Wildman–Crippen MR) is 65.7 cm³/mol. The van der Waals surface area contributed by atoms with Crippen molar-refractivity contribution in [2.75, 3.05) is 5.32 Å². The van der Waals surface area contributed by atoms with Gasteiger partial charge >= 0.3 is 6.18 Å². The molecular formula is C11H8F3N3S. The molecule has 0 aromatic heterocycles. The first kappa shape index (κ1) is 14.0. The first-order valence-corrected chi connectivity index (χ1v) is 5.10. The van der Waals surface area contributed by atoms with Crippen LogP contribution in [0, 0.1) is 11.3 Å². The minimum absolute atomic E-state index is 0.221. The van der Waals surface area contributed by atoms with Crippen molar-refractivity contribution < 1.29 is 13.2 Å². The maximum absolute atomic E-state index is 12.5. The summed E-state index contributed by atoms with van der Waals surface area (Å²) in [5.41, 5.74) is 4.32. The Morgan fingerprint density at radius 2 is 2.00 bits per heavy atom. The van der Waals surface area contributed by atoms with Crippen LogP contribution in [0.1, 0.15) is 5.56 Å². The summed E-state index contributed by atoms with van der Waals surface area (Å²) in [6.07, 6.45) is -3.99. The molecule has 1 rings (SSSR count). The standard InChI is InChI=1S/C11H8F3N3S/c12-11(13,14)8(10(16)18)6-17-9-4-2-1-3-7(9)5-15/h1-4,6,17H,(H2,16,18). The lowest BCUT2D eigenvalue weighted by Gasteiger charge is -2.11. The molecule has 7 heteroatoms. The molecule has 3 N–H and O–H groups in total. The lowest BCUT2D eigenvalue weighted by atomic mass is 10.2. The van der Waals surface area contributed by atoms with Crippen LogP contribution in [0.5, 0.6) is 0 Å². The number of hydrogen-bond donors (Lipinski definition) is 2. The zero-order valence-electron chi connectivity index (χ0n) is 8.95. The molecule has 0 amide bonds. The molecule has 0 saturated heterocycles. The second-order valence-electron chi connectivity index (χ2n) is 3.22. The molecule has 1 aromatic rings. The number of rotatable bonds is 3. The Kier molecular flexibility index (Phi) is 4.28. The van der Waals surface area contributed by atoms with Gasteiger partial charge in [-0.05, 0) is 12.1 Å². The zero-order valence-corrected chi connectivity index (χ0v) is 9.77. The number of para-hydroxylation sites is 1. The van der Waals surface area contributed by atoms with E-state index in [1.54, 1.807) is 12.1 Å². The highest BCUT2D eigenvalue weighted by Crippen LogP contribution is 2.26. The second-order valence-corrected chi connectivity index (χ2v) is 3.66. The van der Waals surface area contributed by atoms with Crippen molar-refractivity contribution in [2.24, 2.45) is 5.73 Å². The summed E-state index contributed by atoms with van der Waals surface area (Å²) in [4.78, 5) is -0.760. The van der Waals surface area contributed by atoms with Crippen molar-refractivity contribution in [3.8, 4) is 6.07 Å². The van der Waals surface area contributed by atoms with Crippen molar-refractivity contribution >= 4 is 22.9 Å². The number of nitriles is 1. The van der Waals surface area contributed by atoms with Crippen LogP contribution in [0.4, 0.5) is 18.9 Å². The topological polar surface area (TPSA) is 61.8 Å². The van der Waals surface area contributed by atoms with E-state index in [1.807, 2.05) is 6.07 Å². The number of nitrogens with two attached hydrogens (primary N) is 1. The molecule has 3 nitrogen and oxygen atoms in total. The third-order valence-electron chi connectivity index (χ3n) is 1.99. The molecule has 0 aliphatic rings. The highest BCUT2D eigenvalue weighted by molar-refractivity contribution is 7.80. The van der Waals surface area contributed by atoms with Gasteiger partial charge in [0.25, 0.3) is 0 Å². The molecule has 0 heterocycles. The molecule has 94 valence electrons. The summed E-state index contributed by atoms with van der Waals surface area (Å²) in [7, 11) is 0. The van der Waals surface area contributed by atoms with E-state index in [2.05, 4.69) is 17.5 Å². The molecule has 1 aromatic carbocycles. The number of hydrogen-bond acceptors (Lipinski definition) is 3. The summed E-state index contributed by atoms with van der Waals surface area (Å²) in [5, 5.41) is 11.1. The van der Waals surface area contributed by atoms with Crippen LogP contribution in [-0.2, 0) is 0 Å².